The highest BCUT2D eigenvalue weighted by atomic mass is 15.0. The maximum atomic E-state index is 2.49. The van der Waals surface area contributed by atoms with Gasteiger partial charge in [-0.2, -0.15) is 0 Å². The summed E-state index contributed by atoms with van der Waals surface area (Å²) in [6.45, 7) is 0. The van der Waals surface area contributed by atoms with E-state index in [-0.39, 0.29) is 0 Å². The fourth-order valence-corrected chi connectivity index (χ4v) is 11.0. The summed E-state index contributed by atoms with van der Waals surface area (Å²) >= 11 is 0. The molecule has 0 spiro atoms. The van der Waals surface area contributed by atoms with Crippen LogP contribution in [0.3, 0.4) is 0 Å². The van der Waals surface area contributed by atoms with E-state index in [1.165, 1.54) is 121 Å². The van der Waals surface area contributed by atoms with Gasteiger partial charge >= 0.3 is 0 Å². The molecule has 0 aliphatic heterocycles. The number of rotatable bonds is 6. The van der Waals surface area contributed by atoms with Gasteiger partial charge in [-0.3, -0.25) is 0 Å². The van der Waals surface area contributed by atoms with E-state index in [0.29, 0.717) is 0 Å². The summed E-state index contributed by atoms with van der Waals surface area (Å²) in [5.41, 5.74) is 22.0. The zero-order chi connectivity index (χ0) is 43.3. The van der Waals surface area contributed by atoms with Gasteiger partial charge in [-0.25, -0.2) is 0 Å². The number of aromatic nitrogens is 2. The lowest BCUT2D eigenvalue weighted by Gasteiger charge is -2.12. The highest BCUT2D eigenvalue weighted by molar-refractivity contribution is 6.29. The van der Waals surface area contributed by atoms with Crippen LogP contribution in [0, 0.1) is 0 Å². The normalized spacial score (nSPS) is 11.9. The topological polar surface area (TPSA) is 9.86 Å². The molecule has 0 unspecified atom stereocenters. The fraction of sp³-hybridized carbons (Fsp3) is 0. The van der Waals surface area contributed by atoms with Crippen LogP contribution in [0.2, 0.25) is 0 Å². The van der Waals surface area contributed by atoms with E-state index in [9.17, 15) is 0 Å². The SMILES string of the molecule is c1ccc(-c2ccc(-c3cccc(-n4c5ccccc5c5cc(-c6ccc7c(c6)c6c8cccc9c8c(cc6n7-c6cccc(-c7ccccc7)c6)-c6ccccc6-9)ccc54)c3)cc2)cc1. The van der Waals surface area contributed by atoms with Crippen LogP contribution in [0.4, 0.5) is 0 Å². The number of para-hydroxylation sites is 1. The van der Waals surface area contributed by atoms with Gasteiger partial charge in [-0.15, -0.1) is 0 Å². The third kappa shape index (κ3) is 5.55. The minimum Gasteiger partial charge on any atom is -0.309 e. The van der Waals surface area contributed by atoms with Crippen LogP contribution in [0.5, 0.6) is 0 Å². The van der Waals surface area contributed by atoms with E-state index in [1.807, 2.05) is 0 Å². The standard InChI is InChI=1S/C64H40N2/c1-3-14-41(15-4-1)43-28-30-44(31-29-43)46-19-12-20-49(37-46)65-59-27-10-9-24-53(59)56-38-47(32-34-60(56)65)48-33-35-61-58(39-48)64-55-26-13-25-54-51-22-7-8-23-52(51)57(63(54)55)40-62(64)66(61)50-21-11-18-45(36-50)42-16-5-2-6-17-42/h1-40H. The Hall–Kier alpha value is -8.72. The zero-order valence-electron chi connectivity index (χ0n) is 36.0. The Morgan fingerprint density at radius 3 is 1.30 bits per heavy atom. The third-order valence-corrected chi connectivity index (χ3v) is 14.0. The number of benzene rings is 11. The lowest BCUT2D eigenvalue weighted by Crippen LogP contribution is -1.95. The maximum Gasteiger partial charge on any atom is 0.0553 e. The van der Waals surface area contributed by atoms with E-state index in [0.717, 1.165) is 11.4 Å². The molecule has 1 aliphatic rings. The van der Waals surface area contributed by atoms with Crippen molar-refractivity contribution < 1.29 is 0 Å². The molecule has 13 aromatic rings. The molecule has 0 saturated carbocycles. The van der Waals surface area contributed by atoms with Crippen LogP contribution in [0.25, 0.3) is 133 Å². The van der Waals surface area contributed by atoms with Gasteiger partial charge in [-0.1, -0.05) is 182 Å². The summed E-state index contributed by atoms with van der Waals surface area (Å²) in [5.74, 6) is 0. The summed E-state index contributed by atoms with van der Waals surface area (Å²) in [6.07, 6.45) is 0. The molecule has 2 heteroatoms. The molecule has 66 heavy (non-hydrogen) atoms. The van der Waals surface area contributed by atoms with Crippen molar-refractivity contribution in [2.45, 2.75) is 0 Å². The van der Waals surface area contributed by atoms with Crippen molar-refractivity contribution in [1.29, 1.82) is 0 Å². The van der Waals surface area contributed by atoms with Gasteiger partial charge in [0.2, 0.25) is 0 Å². The summed E-state index contributed by atoms with van der Waals surface area (Å²) in [7, 11) is 0. The molecule has 2 aromatic heterocycles. The largest absolute Gasteiger partial charge is 0.309 e. The van der Waals surface area contributed by atoms with Crippen LogP contribution < -0.4 is 0 Å². The number of hydrogen-bond acceptors (Lipinski definition) is 0. The molecule has 0 N–H and O–H groups in total. The molecule has 2 heterocycles. The van der Waals surface area contributed by atoms with Gasteiger partial charge in [-0.05, 0) is 138 Å². The monoisotopic (exact) mass is 836 g/mol. The van der Waals surface area contributed by atoms with Gasteiger partial charge in [0, 0.05) is 32.9 Å². The molecule has 0 radical (unpaired) electrons. The van der Waals surface area contributed by atoms with Crippen LogP contribution >= 0.6 is 0 Å². The average molecular weight is 837 g/mol. The van der Waals surface area contributed by atoms with Crippen LogP contribution in [-0.4, -0.2) is 9.13 Å². The minimum absolute atomic E-state index is 1.15. The van der Waals surface area contributed by atoms with Gasteiger partial charge in [0.15, 0.2) is 0 Å². The second kappa shape index (κ2) is 14.4. The van der Waals surface area contributed by atoms with Crippen molar-refractivity contribution in [2.75, 3.05) is 0 Å². The smallest absolute Gasteiger partial charge is 0.0553 e. The van der Waals surface area contributed by atoms with Crippen molar-refractivity contribution >= 4 is 54.4 Å². The van der Waals surface area contributed by atoms with Gasteiger partial charge in [0.05, 0.1) is 22.1 Å². The number of nitrogens with zero attached hydrogens (tertiary/aromatic N) is 2. The predicted molar refractivity (Wildman–Crippen MR) is 279 cm³/mol. The Labute approximate surface area is 382 Å². The zero-order valence-corrected chi connectivity index (χ0v) is 36.0. The lowest BCUT2D eigenvalue weighted by atomic mass is 9.96. The molecule has 0 saturated heterocycles. The Balaban J connectivity index is 0.940. The van der Waals surface area contributed by atoms with Crippen LogP contribution in [0.15, 0.2) is 243 Å². The van der Waals surface area contributed by atoms with E-state index in [2.05, 4.69) is 252 Å². The highest BCUT2D eigenvalue weighted by Crippen LogP contribution is 2.51. The summed E-state index contributed by atoms with van der Waals surface area (Å²) in [4.78, 5) is 0. The van der Waals surface area contributed by atoms with Crippen molar-refractivity contribution in [1.82, 2.24) is 9.13 Å². The van der Waals surface area contributed by atoms with E-state index >= 15 is 0 Å². The predicted octanol–water partition coefficient (Wildman–Crippen LogP) is 17.3. The molecule has 306 valence electrons. The molecule has 11 aromatic carbocycles. The summed E-state index contributed by atoms with van der Waals surface area (Å²) in [6, 6.07) is 89.4. The molecular formula is C64H40N2. The molecule has 0 fully saturated rings. The molecule has 0 atom stereocenters. The van der Waals surface area contributed by atoms with Crippen molar-refractivity contribution in [3.63, 3.8) is 0 Å². The second-order valence-corrected chi connectivity index (χ2v) is 17.7. The lowest BCUT2D eigenvalue weighted by molar-refractivity contribution is 1.18. The molecule has 0 bridgehead atoms. The van der Waals surface area contributed by atoms with Crippen molar-refractivity contribution in [2.24, 2.45) is 0 Å². The molecule has 1 aliphatic carbocycles. The third-order valence-electron chi connectivity index (χ3n) is 14.0. The Bertz CT molecular complexity index is 4080. The second-order valence-electron chi connectivity index (χ2n) is 17.7. The molecule has 2 nitrogen and oxygen atoms in total. The van der Waals surface area contributed by atoms with E-state index in [4.69, 9.17) is 0 Å². The quantitative estimate of drug-likeness (QED) is 0.158. The Kier molecular flexibility index (Phi) is 8.02. The Morgan fingerprint density at radius 2 is 0.621 bits per heavy atom. The number of hydrogen-bond donors (Lipinski definition) is 0. The first-order valence-corrected chi connectivity index (χ1v) is 22.8. The van der Waals surface area contributed by atoms with Crippen molar-refractivity contribution in [3.05, 3.63) is 243 Å². The van der Waals surface area contributed by atoms with Gasteiger partial charge in [0.25, 0.3) is 0 Å². The molecular weight excluding hydrogens is 797 g/mol. The fourth-order valence-electron chi connectivity index (χ4n) is 11.0. The highest BCUT2D eigenvalue weighted by Gasteiger charge is 2.26. The average Bonchev–Trinajstić information content (AvgIpc) is 4.03. The number of fused-ring (bicyclic) bond motifs is 10. The molecule has 0 amide bonds. The van der Waals surface area contributed by atoms with E-state index < -0.39 is 0 Å². The summed E-state index contributed by atoms with van der Waals surface area (Å²) < 4.78 is 4.92. The summed E-state index contributed by atoms with van der Waals surface area (Å²) in [5, 5.41) is 7.66. The van der Waals surface area contributed by atoms with Gasteiger partial charge < -0.3 is 9.13 Å². The first kappa shape index (κ1) is 36.7. The van der Waals surface area contributed by atoms with Crippen LogP contribution in [-0.2, 0) is 0 Å². The Morgan fingerprint density at radius 1 is 0.197 bits per heavy atom. The van der Waals surface area contributed by atoms with Crippen molar-refractivity contribution in [3.8, 4) is 78.1 Å². The van der Waals surface area contributed by atoms with Gasteiger partial charge in [0.1, 0.15) is 0 Å². The molecule has 14 rings (SSSR count). The van der Waals surface area contributed by atoms with E-state index in [1.54, 1.807) is 0 Å². The van der Waals surface area contributed by atoms with Crippen LogP contribution in [0.1, 0.15) is 0 Å². The first-order chi connectivity index (χ1) is 32.7. The maximum absolute atomic E-state index is 2.49. The first-order valence-electron chi connectivity index (χ1n) is 22.8. The minimum atomic E-state index is 1.15.